The molecule has 20 heavy (non-hydrogen) atoms. The normalized spacial score (nSPS) is 27.4. The quantitative estimate of drug-likeness (QED) is 0.519. The van der Waals surface area contributed by atoms with Gasteiger partial charge in [0.1, 0.15) is 0 Å². The van der Waals surface area contributed by atoms with E-state index in [1.165, 1.54) is 6.07 Å². The van der Waals surface area contributed by atoms with Crippen LogP contribution < -0.4 is 0 Å². The highest BCUT2D eigenvalue weighted by atomic mass is 16.6. The Morgan fingerprint density at radius 2 is 2.00 bits per heavy atom. The Morgan fingerprint density at radius 3 is 2.65 bits per heavy atom. The van der Waals surface area contributed by atoms with E-state index < -0.39 is 23.0 Å². The Hall–Kier alpha value is -1.54. The van der Waals surface area contributed by atoms with E-state index in [4.69, 9.17) is 0 Å². The molecule has 0 aromatic heterocycles. The summed E-state index contributed by atoms with van der Waals surface area (Å²) in [6.45, 7) is 0.688. The van der Waals surface area contributed by atoms with Crippen molar-refractivity contribution in [2.75, 3.05) is 19.7 Å². The van der Waals surface area contributed by atoms with Gasteiger partial charge in [0, 0.05) is 43.8 Å². The minimum Gasteiger partial charge on any atom is -0.396 e. The van der Waals surface area contributed by atoms with Crippen LogP contribution in [-0.2, 0) is 6.54 Å². The van der Waals surface area contributed by atoms with Crippen LogP contribution in [-0.4, -0.2) is 57.0 Å². The van der Waals surface area contributed by atoms with Crippen molar-refractivity contribution in [3.63, 3.8) is 0 Å². The lowest BCUT2D eigenvalue weighted by Crippen LogP contribution is -2.53. The lowest BCUT2D eigenvalue weighted by molar-refractivity contribution is -0.385. The highest BCUT2D eigenvalue weighted by Gasteiger charge is 2.34. The molecular formula is C13H18N2O5. The summed E-state index contributed by atoms with van der Waals surface area (Å²) in [5.41, 5.74) is 0.589. The number of rotatable bonds is 4. The summed E-state index contributed by atoms with van der Waals surface area (Å²) in [4.78, 5) is 12.3. The summed E-state index contributed by atoms with van der Waals surface area (Å²) >= 11 is 0. The zero-order valence-corrected chi connectivity index (χ0v) is 10.9. The third-order valence-electron chi connectivity index (χ3n) is 3.63. The lowest BCUT2D eigenvalue weighted by atomic mass is 9.93. The third kappa shape index (κ3) is 3.13. The molecule has 1 saturated heterocycles. The minimum absolute atomic E-state index is 0.0358. The number of hydrogen-bond acceptors (Lipinski definition) is 6. The molecule has 7 nitrogen and oxygen atoms in total. The van der Waals surface area contributed by atoms with Gasteiger partial charge in [0.15, 0.2) is 0 Å². The average Bonchev–Trinajstić information content (AvgIpc) is 2.43. The van der Waals surface area contributed by atoms with E-state index in [1.54, 1.807) is 23.1 Å². The van der Waals surface area contributed by atoms with Crippen molar-refractivity contribution in [3.8, 4) is 0 Å². The van der Waals surface area contributed by atoms with Crippen molar-refractivity contribution < 1.29 is 20.2 Å². The van der Waals surface area contributed by atoms with Gasteiger partial charge in [0.25, 0.3) is 5.69 Å². The first kappa shape index (κ1) is 14.9. The maximum Gasteiger partial charge on any atom is 0.273 e. The topological polar surface area (TPSA) is 107 Å². The molecule has 3 N–H and O–H groups in total. The van der Waals surface area contributed by atoms with Gasteiger partial charge in [-0.15, -0.1) is 0 Å². The van der Waals surface area contributed by atoms with Crippen molar-refractivity contribution in [1.82, 2.24) is 4.90 Å². The van der Waals surface area contributed by atoms with Gasteiger partial charge in [-0.05, 0) is 0 Å². The number of nitro benzene ring substituents is 1. The first-order valence-electron chi connectivity index (χ1n) is 6.44. The second kappa shape index (κ2) is 6.27. The molecule has 1 fully saturated rings. The summed E-state index contributed by atoms with van der Waals surface area (Å²) in [7, 11) is 0. The molecule has 0 aliphatic carbocycles. The molecule has 1 aromatic carbocycles. The minimum atomic E-state index is -0.956. The fourth-order valence-corrected chi connectivity index (χ4v) is 2.56. The molecule has 1 aliphatic heterocycles. The molecule has 0 radical (unpaired) electrons. The highest BCUT2D eigenvalue weighted by Crippen LogP contribution is 2.23. The number of hydrogen-bond donors (Lipinski definition) is 3. The number of nitrogens with zero attached hydrogens (tertiary/aromatic N) is 2. The van der Waals surface area contributed by atoms with Gasteiger partial charge < -0.3 is 15.3 Å². The van der Waals surface area contributed by atoms with E-state index >= 15 is 0 Å². The smallest absolute Gasteiger partial charge is 0.273 e. The largest absolute Gasteiger partial charge is 0.396 e. The van der Waals surface area contributed by atoms with Crippen LogP contribution in [0.15, 0.2) is 24.3 Å². The molecule has 1 heterocycles. The zero-order valence-electron chi connectivity index (χ0n) is 10.9. The predicted octanol–water partition coefficient (Wildman–Crippen LogP) is -0.259. The summed E-state index contributed by atoms with van der Waals surface area (Å²) in [6, 6.07) is 6.44. The van der Waals surface area contributed by atoms with Gasteiger partial charge in [0.2, 0.25) is 0 Å². The van der Waals surface area contributed by atoms with E-state index in [-0.39, 0.29) is 18.8 Å². The summed E-state index contributed by atoms with van der Waals surface area (Å²) in [5, 5.41) is 39.6. The van der Waals surface area contributed by atoms with Crippen LogP contribution in [0.4, 0.5) is 5.69 Å². The number of piperidine rings is 1. The van der Waals surface area contributed by atoms with Crippen LogP contribution in [0.3, 0.4) is 0 Å². The SMILES string of the molecule is O=[N+]([O-])c1ccccc1CN1CC(O)C(O)C(CO)C1. The molecule has 0 bridgehead atoms. The van der Waals surface area contributed by atoms with E-state index in [2.05, 4.69) is 0 Å². The Balaban J connectivity index is 2.12. The fourth-order valence-electron chi connectivity index (χ4n) is 2.56. The molecular weight excluding hydrogens is 264 g/mol. The van der Waals surface area contributed by atoms with Crippen molar-refractivity contribution in [1.29, 1.82) is 0 Å². The second-order valence-corrected chi connectivity index (χ2v) is 5.08. The number of likely N-dealkylation sites (tertiary alicyclic amines) is 1. The van der Waals surface area contributed by atoms with Gasteiger partial charge in [0.05, 0.1) is 17.1 Å². The van der Waals surface area contributed by atoms with Crippen molar-refractivity contribution in [2.24, 2.45) is 5.92 Å². The number of para-hydroxylation sites is 1. The summed E-state index contributed by atoms with van der Waals surface area (Å²) in [6.07, 6.45) is -1.91. The fraction of sp³-hybridized carbons (Fsp3) is 0.538. The molecule has 0 amide bonds. The van der Waals surface area contributed by atoms with Crippen LogP contribution >= 0.6 is 0 Å². The number of benzene rings is 1. The zero-order chi connectivity index (χ0) is 14.7. The number of aliphatic hydroxyl groups excluding tert-OH is 3. The number of β-amino-alcohol motifs (C(OH)–C–C–N with tert-alkyl or cyclic N) is 1. The van der Waals surface area contributed by atoms with Crippen LogP contribution in [0.2, 0.25) is 0 Å². The summed E-state index contributed by atoms with van der Waals surface area (Å²) < 4.78 is 0. The molecule has 0 spiro atoms. The molecule has 1 aromatic rings. The molecule has 3 unspecified atom stereocenters. The monoisotopic (exact) mass is 282 g/mol. The third-order valence-corrected chi connectivity index (χ3v) is 3.63. The number of aliphatic hydroxyl groups is 3. The highest BCUT2D eigenvalue weighted by molar-refractivity contribution is 5.39. The van der Waals surface area contributed by atoms with Crippen LogP contribution in [0.25, 0.3) is 0 Å². The molecule has 0 saturated carbocycles. The van der Waals surface area contributed by atoms with Crippen molar-refractivity contribution >= 4 is 5.69 Å². The average molecular weight is 282 g/mol. The van der Waals surface area contributed by atoms with E-state index in [9.17, 15) is 25.4 Å². The Kier molecular flexibility index (Phi) is 4.66. The van der Waals surface area contributed by atoms with Gasteiger partial charge in [-0.1, -0.05) is 18.2 Å². The predicted molar refractivity (Wildman–Crippen MR) is 71.0 cm³/mol. The Bertz CT molecular complexity index is 482. The second-order valence-electron chi connectivity index (χ2n) is 5.08. The summed E-state index contributed by atoms with van der Waals surface area (Å²) in [5.74, 6) is -0.443. The van der Waals surface area contributed by atoms with Gasteiger partial charge in [-0.3, -0.25) is 15.0 Å². The van der Waals surface area contributed by atoms with E-state index in [0.29, 0.717) is 18.7 Å². The van der Waals surface area contributed by atoms with Crippen molar-refractivity contribution in [2.45, 2.75) is 18.8 Å². The molecule has 110 valence electrons. The first-order valence-corrected chi connectivity index (χ1v) is 6.44. The maximum atomic E-state index is 11.0. The van der Waals surface area contributed by atoms with Gasteiger partial charge in [-0.2, -0.15) is 0 Å². The van der Waals surface area contributed by atoms with E-state index in [0.717, 1.165) is 0 Å². The first-order chi connectivity index (χ1) is 9.52. The standard InChI is InChI=1S/C13H18N2O5/c16-8-10-6-14(7-12(17)13(10)18)5-9-3-1-2-4-11(9)15(19)20/h1-4,10,12-13,16-18H,5-8H2. The van der Waals surface area contributed by atoms with E-state index in [1.807, 2.05) is 0 Å². The van der Waals surface area contributed by atoms with Gasteiger partial charge >= 0.3 is 0 Å². The molecule has 2 rings (SSSR count). The molecule has 1 aliphatic rings. The lowest BCUT2D eigenvalue weighted by Gasteiger charge is -2.38. The molecule has 3 atom stereocenters. The number of nitro groups is 1. The van der Waals surface area contributed by atoms with Gasteiger partial charge in [-0.25, -0.2) is 0 Å². The Morgan fingerprint density at radius 1 is 1.30 bits per heavy atom. The molecule has 7 heteroatoms. The van der Waals surface area contributed by atoms with Crippen molar-refractivity contribution in [3.05, 3.63) is 39.9 Å². The maximum absolute atomic E-state index is 11.0. The van der Waals surface area contributed by atoms with Crippen LogP contribution in [0, 0.1) is 16.0 Å². The van der Waals surface area contributed by atoms with Crippen LogP contribution in [0.5, 0.6) is 0 Å². The van der Waals surface area contributed by atoms with Crippen LogP contribution in [0.1, 0.15) is 5.56 Å². The Labute approximate surface area is 116 Å².